The molecular formula is C21H35IN4S. The maximum Gasteiger partial charge on any atom is 0.191 e. The topological polar surface area (TPSA) is 39.7 Å². The highest BCUT2D eigenvalue weighted by atomic mass is 127. The number of aliphatic imine (C=N–C) groups is 1. The Labute approximate surface area is 186 Å². The fourth-order valence-corrected chi connectivity index (χ4v) is 4.81. The maximum atomic E-state index is 4.93. The summed E-state index contributed by atoms with van der Waals surface area (Å²) in [4.78, 5) is 8.85. The second-order valence-electron chi connectivity index (χ2n) is 7.58. The summed E-state index contributed by atoms with van der Waals surface area (Å²) in [7, 11) is 0. The molecule has 1 unspecified atom stereocenters. The quantitative estimate of drug-likeness (QED) is 0.317. The van der Waals surface area contributed by atoms with E-state index in [2.05, 4.69) is 59.7 Å². The smallest absolute Gasteiger partial charge is 0.191 e. The molecule has 3 rings (SSSR count). The van der Waals surface area contributed by atoms with E-state index in [-0.39, 0.29) is 24.0 Å². The summed E-state index contributed by atoms with van der Waals surface area (Å²) in [6, 6.07) is 10.7. The first-order valence-electron chi connectivity index (χ1n) is 10.2. The van der Waals surface area contributed by atoms with Gasteiger partial charge in [0.25, 0.3) is 0 Å². The van der Waals surface area contributed by atoms with E-state index in [0.29, 0.717) is 4.75 Å². The van der Waals surface area contributed by atoms with Gasteiger partial charge in [0.2, 0.25) is 0 Å². The Morgan fingerprint density at radius 2 is 2.00 bits per heavy atom. The van der Waals surface area contributed by atoms with Crippen molar-refractivity contribution in [2.45, 2.75) is 49.2 Å². The number of nitrogens with one attached hydrogen (secondary N) is 2. The number of thioether (sulfide) groups is 1. The average Bonchev–Trinajstić information content (AvgIpc) is 3.44. The number of guanidine groups is 1. The second kappa shape index (κ2) is 11.5. The summed E-state index contributed by atoms with van der Waals surface area (Å²) >= 11 is 2.00. The monoisotopic (exact) mass is 502 g/mol. The Morgan fingerprint density at radius 3 is 2.67 bits per heavy atom. The van der Waals surface area contributed by atoms with Gasteiger partial charge in [-0.05, 0) is 63.7 Å². The zero-order chi connectivity index (χ0) is 18.2. The number of hydrogen-bond donors (Lipinski definition) is 2. The minimum atomic E-state index is 0. The van der Waals surface area contributed by atoms with Gasteiger partial charge in [-0.25, -0.2) is 0 Å². The molecule has 0 bridgehead atoms. The van der Waals surface area contributed by atoms with E-state index in [9.17, 15) is 0 Å². The SMILES string of the molecule is CCNC(=NCC1(Sc2ccccc2)CC1)NCC1CCCN(CC)C1.I. The molecule has 152 valence electrons. The van der Waals surface area contributed by atoms with Crippen LogP contribution in [0.1, 0.15) is 39.5 Å². The van der Waals surface area contributed by atoms with Gasteiger partial charge in [0.15, 0.2) is 5.96 Å². The first-order valence-corrected chi connectivity index (χ1v) is 11.0. The minimum absolute atomic E-state index is 0. The van der Waals surface area contributed by atoms with E-state index in [4.69, 9.17) is 4.99 Å². The van der Waals surface area contributed by atoms with Crippen molar-refractivity contribution in [1.29, 1.82) is 0 Å². The molecule has 1 aliphatic heterocycles. The van der Waals surface area contributed by atoms with Gasteiger partial charge in [0, 0.05) is 29.3 Å². The number of hydrogen-bond acceptors (Lipinski definition) is 3. The molecule has 6 heteroatoms. The Morgan fingerprint density at radius 1 is 1.22 bits per heavy atom. The van der Waals surface area contributed by atoms with Crippen LogP contribution in [0.15, 0.2) is 40.2 Å². The third-order valence-electron chi connectivity index (χ3n) is 5.36. The summed E-state index contributed by atoms with van der Waals surface area (Å²) in [5, 5.41) is 7.03. The van der Waals surface area contributed by atoms with Crippen LogP contribution in [0.25, 0.3) is 0 Å². The summed E-state index contributed by atoms with van der Waals surface area (Å²) in [6.07, 6.45) is 5.19. The van der Waals surface area contributed by atoms with Gasteiger partial charge in [0.1, 0.15) is 0 Å². The van der Waals surface area contributed by atoms with Gasteiger partial charge in [-0.2, -0.15) is 0 Å². The van der Waals surface area contributed by atoms with E-state index in [1.54, 1.807) is 0 Å². The largest absolute Gasteiger partial charge is 0.357 e. The van der Waals surface area contributed by atoms with Crippen LogP contribution in [0.3, 0.4) is 0 Å². The lowest BCUT2D eigenvalue weighted by molar-refractivity contribution is 0.183. The average molecular weight is 503 g/mol. The number of rotatable bonds is 8. The summed E-state index contributed by atoms with van der Waals surface area (Å²) in [5.41, 5.74) is 0. The molecule has 2 N–H and O–H groups in total. The molecule has 2 fully saturated rings. The van der Waals surface area contributed by atoms with Crippen molar-refractivity contribution in [1.82, 2.24) is 15.5 Å². The van der Waals surface area contributed by atoms with E-state index in [1.165, 1.54) is 50.2 Å². The van der Waals surface area contributed by atoms with Crippen LogP contribution < -0.4 is 10.6 Å². The molecule has 1 saturated heterocycles. The number of halogens is 1. The molecule has 1 aromatic carbocycles. The van der Waals surface area contributed by atoms with Crippen molar-refractivity contribution in [3.8, 4) is 0 Å². The van der Waals surface area contributed by atoms with E-state index in [0.717, 1.165) is 31.5 Å². The molecule has 0 radical (unpaired) electrons. The number of likely N-dealkylation sites (tertiary alicyclic amines) is 1. The standard InChI is InChI=1S/C21H34N4S.HI/c1-3-22-20(23-15-18-9-8-14-25(4-2)16-18)24-17-21(12-13-21)26-19-10-6-5-7-11-19;/h5-7,10-11,18H,3-4,8-9,12-17H2,1-2H3,(H2,22,23,24);1H. The summed E-state index contributed by atoms with van der Waals surface area (Å²) in [5.74, 6) is 1.72. The molecule has 0 amide bonds. The summed E-state index contributed by atoms with van der Waals surface area (Å²) < 4.78 is 0.313. The van der Waals surface area contributed by atoms with Crippen molar-refractivity contribution in [3.05, 3.63) is 30.3 Å². The van der Waals surface area contributed by atoms with Gasteiger partial charge in [0.05, 0.1) is 6.54 Å². The highest BCUT2D eigenvalue weighted by molar-refractivity contribution is 14.0. The molecule has 27 heavy (non-hydrogen) atoms. The van der Waals surface area contributed by atoms with E-state index >= 15 is 0 Å². The molecule has 0 spiro atoms. The zero-order valence-corrected chi connectivity index (χ0v) is 19.9. The minimum Gasteiger partial charge on any atom is -0.357 e. The molecule has 1 saturated carbocycles. The molecule has 0 aromatic heterocycles. The summed E-state index contributed by atoms with van der Waals surface area (Å²) in [6.45, 7) is 10.9. The second-order valence-corrected chi connectivity index (χ2v) is 9.12. The molecular weight excluding hydrogens is 467 g/mol. The maximum absolute atomic E-state index is 4.93. The molecule has 1 aliphatic carbocycles. The van der Waals surface area contributed by atoms with Gasteiger partial charge >= 0.3 is 0 Å². The molecule has 2 aliphatic rings. The Bertz CT molecular complexity index is 577. The highest BCUT2D eigenvalue weighted by Gasteiger charge is 2.43. The van der Waals surface area contributed by atoms with Gasteiger partial charge in [-0.15, -0.1) is 35.7 Å². The molecule has 1 heterocycles. The van der Waals surface area contributed by atoms with Crippen LogP contribution >= 0.6 is 35.7 Å². The molecule has 1 aromatic rings. The van der Waals surface area contributed by atoms with Gasteiger partial charge in [-0.3, -0.25) is 4.99 Å². The van der Waals surface area contributed by atoms with Crippen molar-refractivity contribution in [2.24, 2.45) is 10.9 Å². The Kier molecular flexibility index (Phi) is 9.73. The predicted molar refractivity (Wildman–Crippen MR) is 128 cm³/mol. The number of nitrogens with zero attached hydrogens (tertiary/aromatic N) is 2. The number of benzene rings is 1. The van der Waals surface area contributed by atoms with Crippen LogP contribution in [0.2, 0.25) is 0 Å². The van der Waals surface area contributed by atoms with E-state index < -0.39 is 0 Å². The lowest BCUT2D eigenvalue weighted by atomic mass is 9.98. The lowest BCUT2D eigenvalue weighted by Crippen LogP contribution is -2.44. The predicted octanol–water partition coefficient (Wildman–Crippen LogP) is 4.22. The van der Waals surface area contributed by atoms with Crippen LogP contribution in [-0.2, 0) is 0 Å². The first-order chi connectivity index (χ1) is 12.7. The number of piperidine rings is 1. The third-order valence-corrected chi connectivity index (χ3v) is 6.84. The Balaban J connectivity index is 0.00000261. The van der Waals surface area contributed by atoms with Crippen LogP contribution in [0.5, 0.6) is 0 Å². The highest BCUT2D eigenvalue weighted by Crippen LogP contribution is 2.51. The fraction of sp³-hybridized carbons (Fsp3) is 0.667. The normalized spacial score (nSPS) is 22.0. The fourth-order valence-electron chi connectivity index (χ4n) is 3.58. The van der Waals surface area contributed by atoms with Crippen LogP contribution in [-0.4, -0.2) is 54.9 Å². The lowest BCUT2D eigenvalue weighted by Gasteiger charge is -2.32. The van der Waals surface area contributed by atoms with Crippen molar-refractivity contribution < 1.29 is 0 Å². The van der Waals surface area contributed by atoms with Gasteiger partial charge < -0.3 is 15.5 Å². The molecule has 1 atom stereocenters. The molecule has 4 nitrogen and oxygen atoms in total. The van der Waals surface area contributed by atoms with Crippen LogP contribution in [0.4, 0.5) is 0 Å². The third kappa shape index (κ3) is 7.46. The zero-order valence-electron chi connectivity index (χ0n) is 16.7. The Hall–Kier alpha value is -0.470. The first kappa shape index (κ1) is 22.8. The van der Waals surface area contributed by atoms with Crippen LogP contribution in [0, 0.1) is 5.92 Å². The van der Waals surface area contributed by atoms with Crippen molar-refractivity contribution in [2.75, 3.05) is 39.3 Å². The van der Waals surface area contributed by atoms with Gasteiger partial charge in [-0.1, -0.05) is 25.1 Å². The van der Waals surface area contributed by atoms with E-state index in [1.807, 2.05) is 11.8 Å². The van der Waals surface area contributed by atoms with Crippen molar-refractivity contribution >= 4 is 41.7 Å². The van der Waals surface area contributed by atoms with Crippen molar-refractivity contribution in [3.63, 3.8) is 0 Å².